The topological polar surface area (TPSA) is 92.8 Å². The maximum atomic E-state index is 12.8. The van der Waals surface area contributed by atoms with Gasteiger partial charge in [0.2, 0.25) is 11.8 Å². The average Bonchev–Trinajstić information content (AvgIpc) is 2.74. The van der Waals surface area contributed by atoms with Crippen LogP contribution in [0, 0.1) is 5.92 Å². The minimum Gasteiger partial charge on any atom is -0.462 e. The van der Waals surface area contributed by atoms with Gasteiger partial charge in [-0.3, -0.25) is 24.6 Å². The summed E-state index contributed by atoms with van der Waals surface area (Å²) in [5.41, 5.74) is 0. The minimum absolute atomic E-state index is 0.144. The summed E-state index contributed by atoms with van der Waals surface area (Å²) >= 11 is 0. The molecule has 1 aliphatic heterocycles. The van der Waals surface area contributed by atoms with E-state index in [9.17, 15) is 19.2 Å². The SMILES string of the molecule is CCCCCCCCCC(=O)OC1CCC(N2C(=O)NC(=O)C(CCCC)C2=O)CC1. The van der Waals surface area contributed by atoms with Gasteiger partial charge in [0, 0.05) is 12.5 Å². The fourth-order valence-corrected chi connectivity index (χ4v) is 4.53. The van der Waals surface area contributed by atoms with Gasteiger partial charge in [0.15, 0.2) is 0 Å². The van der Waals surface area contributed by atoms with Crippen molar-refractivity contribution in [1.82, 2.24) is 10.2 Å². The monoisotopic (exact) mass is 436 g/mol. The van der Waals surface area contributed by atoms with E-state index in [-0.39, 0.29) is 24.0 Å². The molecule has 0 aromatic carbocycles. The van der Waals surface area contributed by atoms with Crippen molar-refractivity contribution >= 4 is 23.8 Å². The first-order valence-corrected chi connectivity index (χ1v) is 12.3. The third-order valence-electron chi connectivity index (χ3n) is 6.44. The van der Waals surface area contributed by atoms with E-state index in [1.165, 1.54) is 37.0 Å². The molecule has 0 radical (unpaired) electrons. The van der Waals surface area contributed by atoms with Crippen molar-refractivity contribution in [3.63, 3.8) is 0 Å². The minimum atomic E-state index is -0.768. The predicted molar refractivity (Wildman–Crippen MR) is 118 cm³/mol. The van der Waals surface area contributed by atoms with Crippen molar-refractivity contribution in [2.24, 2.45) is 5.92 Å². The molecule has 7 heteroatoms. The average molecular weight is 437 g/mol. The van der Waals surface area contributed by atoms with Gasteiger partial charge in [-0.2, -0.15) is 0 Å². The third kappa shape index (κ3) is 7.93. The van der Waals surface area contributed by atoms with Crippen LogP contribution in [-0.2, 0) is 19.1 Å². The highest BCUT2D eigenvalue weighted by molar-refractivity contribution is 6.16. The van der Waals surface area contributed by atoms with Gasteiger partial charge in [0.1, 0.15) is 12.0 Å². The summed E-state index contributed by atoms with van der Waals surface area (Å²) < 4.78 is 5.62. The summed E-state index contributed by atoms with van der Waals surface area (Å²) in [6.07, 6.45) is 13.1. The molecule has 0 aromatic heterocycles. The van der Waals surface area contributed by atoms with E-state index < -0.39 is 17.9 Å². The highest BCUT2D eigenvalue weighted by Crippen LogP contribution is 2.29. The Labute approximate surface area is 186 Å². The van der Waals surface area contributed by atoms with Crippen LogP contribution in [0.25, 0.3) is 0 Å². The Kier molecular flexibility index (Phi) is 11.0. The number of nitrogens with one attached hydrogen (secondary N) is 1. The Hall–Kier alpha value is -1.92. The molecule has 2 rings (SSSR count). The van der Waals surface area contributed by atoms with Gasteiger partial charge in [-0.25, -0.2) is 4.79 Å². The quantitative estimate of drug-likeness (QED) is 0.253. The molecular formula is C24H40N2O5. The van der Waals surface area contributed by atoms with E-state index in [2.05, 4.69) is 12.2 Å². The van der Waals surface area contributed by atoms with Crippen LogP contribution >= 0.6 is 0 Å². The number of ether oxygens (including phenoxy) is 1. The second-order valence-corrected chi connectivity index (χ2v) is 8.99. The summed E-state index contributed by atoms with van der Waals surface area (Å²) in [5, 5.41) is 2.35. The van der Waals surface area contributed by atoms with E-state index in [1.807, 2.05) is 6.92 Å². The summed E-state index contributed by atoms with van der Waals surface area (Å²) in [6.45, 7) is 4.21. The Morgan fingerprint density at radius 3 is 2.16 bits per heavy atom. The lowest BCUT2D eigenvalue weighted by Gasteiger charge is -2.39. The first-order valence-electron chi connectivity index (χ1n) is 12.3. The maximum Gasteiger partial charge on any atom is 0.331 e. The molecule has 31 heavy (non-hydrogen) atoms. The molecule has 4 amide bonds. The number of esters is 1. The number of rotatable bonds is 13. The fraction of sp³-hybridized carbons (Fsp3) is 0.833. The molecule has 0 bridgehead atoms. The third-order valence-corrected chi connectivity index (χ3v) is 6.44. The summed E-state index contributed by atoms with van der Waals surface area (Å²) in [5.74, 6) is -1.77. The van der Waals surface area contributed by atoms with Crippen LogP contribution < -0.4 is 5.32 Å². The molecule has 7 nitrogen and oxygen atoms in total. The number of barbiturate groups is 1. The molecule has 1 saturated carbocycles. The molecule has 2 aliphatic rings. The highest BCUT2D eigenvalue weighted by atomic mass is 16.5. The smallest absolute Gasteiger partial charge is 0.331 e. The lowest BCUT2D eigenvalue weighted by molar-refractivity contribution is -0.153. The Balaban J connectivity index is 1.71. The standard InChI is InChI=1S/C24H40N2O5/c1-3-5-7-8-9-10-11-13-21(27)31-19-16-14-18(15-17-19)26-23(29)20(12-6-4-2)22(28)25-24(26)30/h18-20H,3-17H2,1-2H3,(H,25,28,30). The van der Waals surface area contributed by atoms with E-state index in [4.69, 9.17) is 4.74 Å². The Morgan fingerprint density at radius 2 is 1.52 bits per heavy atom. The van der Waals surface area contributed by atoms with Gasteiger partial charge >= 0.3 is 12.0 Å². The number of hydrogen-bond acceptors (Lipinski definition) is 5. The van der Waals surface area contributed by atoms with Crippen LogP contribution in [0.3, 0.4) is 0 Å². The van der Waals surface area contributed by atoms with Crippen LogP contribution in [0.1, 0.15) is 110 Å². The molecule has 1 saturated heterocycles. The molecule has 1 atom stereocenters. The number of unbranched alkanes of at least 4 members (excludes halogenated alkanes) is 7. The zero-order valence-electron chi connectivity index (χ0n) is 19.3. The van der Waals surface area contributed by atoms with E-state index in [0.717, 1.165) is 25.7 Å². The van der Waals surface area contributed by atoms with Gasteiger partial charge in [-0.1, -0.05) is 65.2 Å². The van der Waals surface area contributed by atoms with Crippen LogP contribution in [-0.4, -0.2) is 40.9 Å². The van der Waals surface area contributed by atoms with Crippen molar-refractivity contribution in [2.75, 3.05) is 0 Å². The van der Waals surface area contributed by atoms with Crippen molar-refractivity contribution in [2.45, 2.75) is 122 Å². The Morgan fingerprint density at radius 1 is 0.903 bits per heavy atom. The number of urea groups is 1. The first kappa shape index (κ1) is 25.3. The van der Waals surface area contributed by atoms with Crippen molar-refractivity contribution in [1.29, 1.82) is 0 Å². The first-order chi connectivity index (χ1) is 15.0. The molecule has 2 fully saturated rings. The second kappa shape index (κ2) is 13.5. The van der Waals surface area contributed by atoms with E-state index >= 15 is 0 Å². The molecular weight excluding hydrogens is 396 g/mol. The number of carbonyl (C=O) groups excluding carboxylic acids is 4. The molecule has 0 spiro atoms. The number of hydrogen-bond donors (Lipinski definition) is 1. The summed E-state index contributed by atoms with van der Waals surface area (Å²) in [6, 6.07) is -0.843. The number of amides is 4. The Bertz CT molecular complexity index is 613. The molecule has 1 unspecified atom stereocenters. The normalized spacial score (nSPS) is 24.3. The molecule has 0 aromatic rings. The van der Waals surface area contributed by atoms with Crippen molar-refractivity contribution in [3.8, 4) is 0 Å². The van der Waals surface area contributed by atoms with Gasteiger partial charge < -0.3 is 4.74 Å². The van der Waals surface area contributed by atoms with Crippen LogP contribution in [0.5, 0.6) is 0 Å². The summed E-state index contributed by atoms with van der Waals surface area (Å²) in [4.78, 5) is 50.5. The number of nitrogens with zero attached hydrogens (tertiary/aromatic N) is 1. The van der Waals surface area contributed by atoms with Gasteiger partial charge in [-0.05, 0) is 38.5 Å². The van der Waals surface area contributed by atoms with E-state index in [1.54, 1.807) is 0 Å². The van der Waals surface area contributed by atoms with Crippen LogP contribution in [0.2, 0.25) is 0 Å². The number of carbonyl (C=O) groups is 4. The maximum absolute atomic E-state index is 12.8. The summed E-state index contributed by atoms with van der Waals surface area (Å²) in [7, 11) is 0. The molecule has 1 heterocycles. The van der Waals surface area contributed by atoms with Crippen molar-refractivity contribution < 1.29 is 23.9 Å². The van der Waals surface area contributed by atoms with Gasteiger partial charge in [0.05, 0.1) is 0 Å². The lowest BCUT2D eigenvalue weighted by Crippen LogP contribution is -2.61. The largest absolute Gasteiger partial charge is 0.462 e. The zero-order valence-corrected chi connectivity index (χ0v) is 19.3. The lowest BCUT2D eigenvalue weighted by atomic mass is 9.89. The second-order valence-electron chi connectivity index (χ2n) is 8.99. The van der Waals surface area contributed by atoms with Gasteiger partial charge in [-0.15, -0.1) is 0 Å². The highest BCUT2D eigenvalue weighted by Gasteiger charge is 2.44. The molecule has 176 valence electrons. The molecule has 1 aliphatic carbocycles. The van der Waals surface area contributed by atoms with Crippen LogP contribution in [0.4, 0.5) is 4.79 Å². The van der Waals surface area contributed by atoms with Gasteiger partial charge in [0.25, 0.3) is 0 Å². The fourth-order valence-electron chi connectivity index (χ4n) is 4.53. The van der Waals surface area contributed by atoms with E-state index in [0.29, 0.717) is 38.5 Å². The zero-order chi connectivity index (χ0) is 22.6. The van der Waals surface area contributed by atoms with Crippen LogP contribution in [0.15, 0.2) is 0 Å². The predicted octanol–water partition coefficient (Wildman–Crippen LogP) is 4.87. The molecule has 1 N–H and O–H groups in total. The number of imide groups is 2. The van der Waals surface area contributed by atoms with Crippen molar-refractivity contribution in [3.05, 3.63) is 0 Å².